The zero-order valence-electron chi connectivity index (χ0n) is 14.3. The van der Waals surface area contributed by atoms with Gasteiger partial charge in [0.1, 0.15) is 0 Å². The smallest absolute Gasteiger partial charge is 0.0153 e. The van der Waals surface area contributed by atoms with Crippen molar-refractivity contribution in [1.82, 2.24) is 10.2 Å². The highest BCUT2D eigenvalue weighted by Crippen LogP contribution is 2.41. The van der Waals surface area contributed by atoms with Gasteiger partial charge in [-0.25, -0.2) is 0 Å². The van der Waals surface area contributed by atoms with Gasteiger partial charge in [-0.2, -0.15) is 0 Å². The predicted molar refractivity (Wildman–Crippen MR) is 88.1 cm³/mol. The highest BCUT2D eigenvalue weighted by atomic mass is 15.2. The molecule has 1 aliphatic carbocycles. The zero-order valence-corrected chi connectivity index (χ0v) is 14.3. The van der Waals surface area contributed by atoms with Gasteiger partial charge in [-0.3, -0.25) is 4.90 Å². The molecule has 2 nitrogen and oxygen atoms in total. The maximum absolute atomic E-state index is 3.74. The van der Waals surface area contributed by atoms with Crippen molar-refractivity contribution in [2.75, 3.05) is 26.2 Å². The molecule has 2 rings (SSSR count). The van der Waals surface area contributed by atoms with Crippen LogP contribution in [0.4, 0.5) is 0 Å². The third-order valence-electron chi connectivity index (χ3n) is 5.86. The fraction of sp³-hybridized carbons (Fsp3) is 1.00. The highest BCUT2D eigenvalue weighted by Gasteiger charge is 2.40. The first-order valence-corrected chi connectivity index (χ1v) is 8.93. The van der Waals surface area contributed by atoms with Crippen molar-refractivity contribution in [2.45, 2.75) is 78.2 Å². The van der Waals surface area contributed by atoms with E-state index in [0.717, 1.165) is 5.92 Å². The fourth-order valence-corrected chi connectivity index (χ4v) is 4.16. The maximum atomic E-state index is 3.74. The molecule has 2 fully saturated rings. The minimum absolute atomic E-state index is 0.431. The van der Waals surface area contributed by atoms with Crippen LogP contribution in [0.1, 0.15) is 72.6 Å². The molecule has 1 saturated heterocycles. The minimum Gasteiger partial charge on any atom is -0.316 e. The van der Waals surface area contributed by atoms with E-state index in [1.165, 1.54) is 71.1 Å². The molecule has 1 aliphatic heterocycles. The molecule has 0 unspecified atom stereocenters. The first-order chi connectivity index (χ1) is 9.47. The molecule has 1 saturated carbocycles. The molecule has 2 heteroatoms. The SMILES string of the molecule is CCCNCC1(CN2CCCC2(C)C)CCC(C)CC1. The van der Waals surface area contributed by atoms with Crippen molar-refractivity contribution in [3.63, 3.8) is 0 Å². The summed E-state index contributed by atoms with van der Waals surface area (Å²) < 4.78 is 0. The minimum atomic E-state index is 0.431. The van der Waals surface area contributed by atoms with Crippen LogP contribution >= 0.6 is 0 Å². The van der Waals surface area contributed by atoms with E-state index in [9.17, 15) is 0 Å². The molecule has 118 valence electrons. The molecule has 0 aromatic heterocycles. The molecule has 1 heterocycles. The molecule has 0 atom stereocenters. The lowest BCUT2D eigenvalue weighted by Crippen LogP contribution is -2.50. The Morgan fingerprint density at radius 2 is 1.85 bits per heavy atom. The Labute approximate surface area is 126 Å². The third kappa shape index (κ3) is 3.98. The van der Waals surface area contributed by atoms with Crippen LogP contribution in [0.5, 0.6) is 0 Å². The van der Waals surface area contributed by atoms with Gasteiger partial charge in [0.05, 0.1) is 0 Å². The quantitative estimate of drug-likeness (QED) is 0.738. The molecule has 0 amide bonds. The lowest BCUT2D eigenvalue weighted by molar-refractivity contribution is 0.0550. The Kier molecular flexibility index (Phi) is 5.53. The van der Waals surface area contributed by atoms with Gasteiger partial charge in [0.15, 0.2) is 0 Å². The van der Waals surface area contributed by atoms with E-state index in [1.54, 1.807) is 0 Å². The van der Waals surface area contributed by atoms with E-state index in [2.05, 4.69) is 37.9 Å². The van der Waals surface area contributed by atoms with Crippen LogP contribution in [0.15, 0.2) is 0 Å². The summed E-state index contributed by atoms with van der Waals surface area (Å²) in [6, 6.07) is 0. The number of likely N-dealkylation sites (tertiary alicyclic amines) is 1. The van der Waals surface area contributed by atoms with Gasteiger partial charge >= 0.3 is 0 Å². The Balaban J connectivity index is 1.98. The van der Waals surface area contributed by atoms with Crippen molar-refractivity contribution in [3.8, 4) is 0 Å². The number of nitrogens with zero attached hydrogens (tertiary/aromatic N) is 1. The fourth-order valence-electron chi connectivity index (χ4n) is 4.16. The van der Waals surface area contributed by atoms with Crippen molar-refractivity contribution in [3.05, 3.63) is 0 Å². The second-order valence-electron chi connectivity index (χ2n) is 8.20. The van der Waals surface area contributed by atoms with Crippen molar-refractivity contribution in [1.29, 1.82) is 0 Å². The average molecular weight is 280 g/mol. The standard InChI is InChI=1S/C18H36N2/c1-5-12-19-14-18(10-7-16(2)8-11-18)15-20-13-6-9-17(20,3)4/h16,19H,5-15H2,1-4H3. The van der Waals surface area contributed by atoms with Crippen molar-refractivity contribution >= 4 is 0 Å². The Bertz CT molecular complexity index is 290. The first-order valence-electron chi connectivity index (χ1n) is 8.93. The van der Waals surface area contributed by atoms with Crippen LogP contribution in [-0.2, 0) is 0 Å². The van der Waals surface area contributed by atoms with Crippen molar-refractivity contribution < 1.29 is 0 Å². The van der Waals surface area contributed by atoms with E-state index >= 15 is 0 Å². The Morgan fingerprint density at radius 1 is 1.15 bits per heavy atom. The van der Waals surface area contributed by atoms with Crippen LogP contribution in [0.3, 0.4) is 0 Å². The highest BCUT2D eigenvalue weighted by molar-refractivity contribution is 4.95. The third-order valence-corrected chi connectivity index (χ3v) is 5.86. The molecule has 0 aromatic rings. The van der Waals surface area contributed by atoms with Gasteiger partial charge in [-0.05, 0) is 70.4 Å². The summed E-state index contributed by atoms with van der Waals surface area (Å²) in [6.07, 6.45) is 9.74. The summed E-state index contributed by atoms with van der Waals surface area (Å²) in [4.78, 5) is 2.79. The van der Waals surface area contributed by atoms with Crippen LogP contribution in [0.2, 0.25) is 0 Å². The number of nitrogens with one attached hydrogen (secondary N) is 1. The molecule has 1 N–H and O–H groups in total. The first kappa shape index (κ1) is 16.3. The predicted octanol–water partition coefficient (Wildman–Crippen LogP) is 4.06. The van der Waals surface area contributed by atoms with E-state index in [0.29, 0.717) is 11.0 Å². The Morgan fingerprint density at radius 3 is 2.40 bits per heavy atom. The normalized spacial score (nSPS) is 34.5. The van der Waals surface area contributed by atoms with Crippen LogP contribution in [0, 0.1) is 11.3 Å². The summed E-state index contributed by atoms with van der Waals surface area (Å²) in [5.74, 6) is 0.945. The maximum Gasteiger partial charge on any atom is 0.0153 e. The van der Waals surface area contributed by atoms with Crippen LogP contribution < -0.4 is 5.32 Å². The number of rotatable bonds is 6. The van der Waals surface area contributed by atoms with Gasteiger partial charge in [0.2, 0.25) is 0 Å². The lowest BCUT2D eigenvalue weighted by atomic mass is 9.70. The van der Waals surface area contributed by atoms with Crippen LogP contribution in [-0.4, -0.2) is 36.6 Å². The molecular weight excluding hydrogens is 244 g/mol. The van der Waals surface area contributed by atoms with Gasteiger partial charge in [-0.1, -0.05) is 26.7 Å². The Hall–Kier alpha value is -0.0800. The monoisotopic (exact) mass is 280 g/mol. The van der Waals surface area contributed by atoms with E-state index in [-0.39, 0.29) is 0 Å². The largest absolute Gasteiger partial charge is 0.316 e. The van der Waals surface area contributed by atoms with Gasteiger partial charge < -0.3 is 5.32 Å². The second-order valence-corrected chi connectivity index (χ2v) is 8.20. The molecule has 0 spiro atoms. The van der Waals surface area contributed by atoms with E-state index < -0.39 is 0 Å². The van der Waals surface area contributed by atoms with Crippen molar-refractivity contribution in [2.24, 2.45) is 11.3 Å². The molecular formula is C18H36N2. The molecule has 0 aromatic carbocycles. The molecule has 0 radical (unpaired) electrons. The zero-order chi connectivity index (χ0) is 14.6. The topological polar surface area (TPSA) is 15.3 Å². The molecule has 20 heavy (non-hydrogen) atoms. The molecule has 0 bridgehead atoms. The van der Waals surface area contributed by atoms with E-state index in [1.807, 2.05) is 0 Å². The van der Waals surface area contributed by atoms with Gasteiger partial charge in [0, 0.05) is 18.6 Å². The second kappa shape index (κ2) is 6.79. The average Bonchev–Trinajstić information content (AvgIpc) is 2.73. The summed E-state index contributed by atoms with van der Waals surface area (Å²) in [6.45, 7) is 14.6. The number of hydrogen-bond acceptors (Lipinski definition) is 2. The number of hydrogen-bond donors (Lipinski definition) is 1. The summed E-state index contributed by atoms with van der Waals surface area (Å²) in [5.41, 5.74) is 0.976. The summed E-state index contributed by atoms with van der Waals surface area (Å²) >= 11 is 0. The van der Waals surface area contributed by atoms with Crippen LogP contribution in [0.25, 0.3) is 0 Å². The molecule has 2 aliphatic rings. The lowest BCUT2D eigenvalue weighted by Gasteiger charge is -2.45. The summed E-state index contributed by atoms with van der Waals surface area (Å²) in [5, 5.41) is 3.74. The van der Waals surface area contributed by atoms with Gasteiger partial charge in [-0.15, -0.1) is 0 Å². The van der Waals surface area contributed by atoms with Gasteiger partial charge in [0.25, 0.3) is 0 Å². The summed E-state index contributed by atoms with van der Waals surface area (Å²) in [7, 11) is 0. The van der Waals surface area contributed by atoms with E-state index in [4.69, 9.17) is 0 Å².